The third kappa shape index (κ3) is 3.64. The van der Waals surface area contributed by atoms with Gasteiger partial charge < -0.3 is 14.7 Å². The lowest BCUT2D eigenvalue weighted by Gasteiger charge is -2.27. The molecule has 0 bridgehead atoms. The molecule has 1 aliphatic rings. The van der Waals surface area contributed by atoms with E-state index in [4.69, 9.17) is 4.74 Å². The van der Waals surface area contributed by atoms with E-state index in [2.05, 4.69) is 4.98 Å². The second-order valence-electron chi connectivity index (χ2n) is 7.91. The van der Waals surface area contributed by atoms with Gasteiger partial charge in [0.15, 0.2) is 0 Å². The first-order chi connectivity index (χ1) is 12.2. The number of amides is 1. The van der Waals surface area contributed by atoms with Crippen molar-refractivity contribution in [1.29, 1.82) is 0 Å². The van der Waals surface area contributed by atoms with E-state index in [1.807, 2.05) is 30.3 Å². The maximum Gasteiger partial charge on any atom is 0.410 e. The third-order valence-corrected chi connectivity index (χ3v) is 4.70. The summed E-state index contributed by atoms with van der Waals surface area (Å²) >= 11 is 0. The number of aromatic nitrogens is 1. The van der Waals surface area contributed by atoms with Crippen LogP contribution in [0.3, 0.4) is 0 Å². The SMILES string of the molecule is CC(C)(C)OC(=O)N1CCC(Cc2cccc3cccnc23)(C(=O)O)C1. The average molecular weight is 356 g/mol. The number of carbonyl (C=O) groups excluding carboxylic acids is 1. The number of aliphatic carboxylic acids is 1. The molecule has 6 heteroatoms. The lowest BCUT2D eigenvalue weighted by molar-refractivity contribution is -0.148. The van der Waals surface area contributed by atoms with E-state index in [9.17, 15) is 14.7 Å². The minimum Gasteiger partial charge on any atom is -0.481 e. The monoisotopic (exact) mass is 356 g/mol. The van der Waals surface area contributed by atoms with Crippen LogP contribution < -0.4 is 0 Å². The molecule has 1 atom stereocenters. The van der Waals surface area contributed by atoms with Crippen molar-refractivity contribution in [3.8, 4) is 0 Å². The lowest BCUT2D eigenvalue weighted by atomic mass is 9.80. The highest BCUT2D eigenvalue weighted by Gasteiger charge is 2.47. The Kier molecular flexibility index (Phi) is 4.61. The molecule has 0 spiro atoms. The Morgan fingerprint density at radius 2 is 2.00 bits per heavy atom. The molecule has 1 fully saturated rings. The number of benzene rings is 1. The van der Waals surface area contributed by atoms with Crippen molar-refractivity contribution in [2.24, 2.45) is 5.41 Å². The van der Waals surface area contributed by atoms with E-state index in [-0.39, 0.29) is 6.54 Å². The predicted molar refractivity (Wildman–Crippen MR) is 97.9 cm³/mol. The number of carboxylic acids is 1. The second kappa shape index (κ2) is 6.59. The van der Waals surface area contributed by atoms with Crippen molar-refractivity contribution in [3.05, 3.63) is 42.1 Å². The first kappa shape index (κ1) is 18.2. The summed E-state index contributed by atoms with van der Waals surface area (Å²) in [6.07, 6.45) is 1.97. The standard InChI is InChI=1S/C20H24N2O4/c1-19(2,3)26-18(25)22-11-9-20(13-22,17(23)24)12-15-7-4-6-14-8-5-10-21-16(14)15/h4-8,10H,9,11-13H2,1-3H3,(H,23,24). The molecular weight excluding hydrogens is 332 g/mol. The van der Waals surface area contributed by atoms with Gasteiger partial charge in [0.2, 0.25) is 0 Å². The molecule has 26 heavy (non-hydrogen) atoms. The molecule has 0 aliphatic carbocycles. The highest BCUT2D eigenvalue weighted by molar-refractivity contribution is 5.84. The number of hydrogen-bond acceptors (Lipinski definition) is 4. The Hall–Kier alpha value is -2.63. The first-order valence-corrected chi connectivity index (χ1v) is 8.74. The zero-order chi connectivity index (χ0) is 18.9. The van der Waals surface area contributed by atoms with Crippen molar-refractivity contribution < 1.29 is 19.4 Å². The normalized spacial score (nSPS) is 20.3. The van der Waals surface area contributed by atoms with E-state index in [0.29, 0.717) is 19.4 Å². The zero-order valence-corrected chi connectivity index (χ0v) is 15.4. The molecule has 1 aliphatic heterocycles. The van der Waals surface area contributed by atoms with Crippen LogP contribution in [0.25, 0.3) is 10.9 Å². The molecule has 2 heterocycles. The first-order valence-electron chi connectivity index (χ1n) is 8.74. The molecule has 3 rings (SSSR count). The minimum atomic E-state index is -1.03. The van der Waals surface area contributed by atoms with Crippen LogP contribution in [0.2, 0.25) is 0 Å². The summed E-state index contributed by atoms with van der Waals surface area (Å²) in [5, 5.41) is 10.9. The summed E-state index contributed by atoms with van der Waals surface area (Å²) < 4.78 is 5.40. The average Bonchev–Trinajstić information content (AvgIpc) is 2.99. The van der Waals surface area contributed by atoms with Crippen LogP contribution in [-0.4, -0.2) is 45.7 Å². The summed E-state index contributed by atoms with van der Waals surface area (Å²) in [6, 6.07) is 9.60. The van der Waals surface area contributed by atoms with Crippen molar-refractivity contribution >= 4 is 23.0 Å². The van der Waals surface area contributed by atoms with Crippen LogP contribution in [0, 0.1) is 5.41 Å². The Morgan fingerprint density at radius 3 is 2.69 bits per heavy atom. The molecular formula is C20H24N2O4. The molecule has 6 nitrogen and oxygen atoms in total. The van der Waals surface area contributed by atoms with Gasteiger partial charge in [0.05, 0.1) is 10.9 Å². The molecule has 138 valence electrons. The number of pyridine rings is 1. The Labute approximate surface area is 152 Å². The molecule has 2 aromatic rings. The summed E-state index contributed by atoms with van der Waals surface area (Å²) in [5.41, 5.74) is 0.0660. The van der Waals surface area contributed by atoms with E-state index < -0.39 is 23.1 Å². The number of hydrogen-bond donors (Lipinski definition) is 1. The fourth-order valence-corrected chi connectivity index (χ4v) is 3.42. The lowest BCUT2D eigenvalue weighted by Crippen LogP contribution is -2.40. The van der Waals surface area contributed by atoms with Crippen molar-refractivity contribution in [2.45, 2.75) is 39.2 Å². The highest BCUT2D eigenvalue weighted by atomic mass is 16.6. The van der Waals surface area contributed by atoms with Gasteiger partial charge in [-0.05, 0) is 45.2 Å². The smallest absolute Gasteiger partial charge is 0.410 e. The number of nitrogens with zero attached hydrogens (tertiary/aromatic N) is 2. The number of likely N-dealkylation sites (tertiary alicyclic amines) is 1. The summed E-state index contributed by atoms with van der Waals surface area (Å²) in [6.45, 7) is 5.91. The van der Waals surface area contributed by atoms with Crippen molar-refractivity contribution in [3.63, 3.8) is 0 Å². The summed E-state index contributed by atoms with van der Waals surface area (Å²) in [4.78, 5) is 30.4. The van der Waals surface area contributed by atoms with Crippen LogP contribution in [0.1, 0.15) is 32.8 Å². The topological polar surface area (TPSA) is 79.7 Å². The van der Waals surface area contributed by atoms with E-state index in [0.717, 1.165) is 16.5 Å². The van der Waals surface area contributed by atoms with Gasteiger partial charge in [0, 0.05) is 24.7 Å². The van der Waals surface area contributed by atoms with Gasteiger partial charge in [-0.3, -0.25) is 9.78 Å². The molecule has 1 amide bonds. The minimum absolute atomic E-state index is 0.139. The van der Waals surface area contributed by atoms with Gasteiger partial charge in [-0.25, -0.2) is 4.79 Å². The van der Waals surface area contributed by atoms with E-state index in [1.165, 1.54) is 4.90 Å². The molecule has 1 aromatic heterocycles. The van der Waals surface area contributed by atoms with Crippen molar-refractivity contribution in [1.82, 2.24) is 9.88 Å². The largest absolute Gasteiger partial charge is 0.481 e. The van der Waals surface area contributed by atoms with E-state index >= 15 is 0 Å². The van der Waals surface area contributed by atoms with Crippen LogP contribution >= 0.6 is 0 Å². The molecule has 1 N–H and O–H groups in total. The van der Waals surface area contributed by atoms with Crippen LogP contribution in [0.15, 0.2) is 36.5 Å². The summed E-state index contributed by atoms with van der Waals surface area (Å²) in [7, 11) is 0. The molecule has 0 saturated carbocycles. The van der Waals surface area contributed by atoms with E-state index in [1.54, 1.807) is 27.0 Å². The van der Waals surface area contributed by atoms with Gasteiger partial charge in [-0.15, -0.1) is 0 Å². The zero-order valence-electron chi connectivity index (χ0n) is 15.4. The van der Waals surface area contributed by atoms with Gasteiger partial charge in [-0.1, -0.05) is 24.3 Å². The van der Waals surface area contributed by atoms with Gasteiger partial charge >= 0.3 is 12.1 Å². The fraction of sp³-hybridized carbons (Fsp3) is 0.450. The van der Waals surface area contributed by atoms with Crippen LogP contribution in [-0.2, 0) is 16.0 Å². The number of carbonyl (C=O) groups is 2. The molecule has 0 radical (unpaired) electrons. The number of ether oxygens (including phenoxy) is 1. The summed E-state index contributed by atoms with van der Waals surface area (Å²) in [5.74, 6) is -0.892. The number of para-hydroxylation sites is 1. The fourth-order valence-electron chi connectivity index (χ4n) is 3.42. The maximum absolute atomic E-state index is 12.3. The molecule has 1 unspecified atom stereocenters. The Balaban J connectivity index is 1.86. The predicted octanol–water partition coefficient (Wildman–Crippen LogP) is 3.49. The van der Waals surface area contributed by atoms with Crippen molar-refractivity contribution in [2.75, 3.05) is 13.1 Å². The van der Waals surface area contributed by atoms with Gasteiger partial charge in [0.25, 0.3) is 0 Å². The number of carboxylic acid groups (broad SMARTS) is 1. The maximum atomic E-state index is 12.3. The number of rotatable bonds is 3. The van der Waals surface area contributed by atoms with Gasteiger partial charge in [-0.2, -0.15) is 0 Å². The molecule has 1 saturated heterocycles. The van der Waals surface area contributed by atoms with Gasteiger partial charge in [0.1, 0.15) is 5.60 Å². The Morgan fingerprint density at radius 1 is 1.27 bits per heavy atom. The molecule has 1 aromatic carbocycles. The van der Waals surface area contributed by atoms with Crippen LogP contribution in [0.5, 0.6) is 0 Å². The Bertz CT molecular complexity index is 838. The quantitative estimate of drug-likeness (QED) is 0.911. The highest BCUT2D eigenvalue weighted by Crippen LogP contribution is 2.36. The van der Waals surface area contributed by atoms with Crippen LogP contribution in [0.4, 0.5) is 4.79 Å². The second-order valence-corrected chi connectivity index (χ2v) is 7.91. The third-order valence-electron chi connectivity index (χ3n) is 4.70. The number of fused-ring (bicyclic) bond motifs is 1.